The fraction of sp³-hybridized carbons (Fsp3) is 0.550. The molecule has 1 aromatic rings. The minimum atomic E-state index is -1.57. The molecule has 3 fully saturated rings. The van der Waals surface area contributed by atoms with Crippen LogP contribution in [-0.2, 0) is 23.9 Å². The third-order valence-corrected chi connectivity index (χ3v) is 7.12. The summed E-state index contributed by atoms with van der Waals surface area (Å²) in [5.74, 6) is -1.80. The van der Waals surface area contributed by atoms with Crippen LogP contribution in [0.5, 0.6) is 0 Å². The molecule has 1 N–H and O–H groups in total. The van der Waals surface area contributed by atoms with Crippen molar-refractivity contribution < 1.29 is 33.4 Å². The molecule has 0 aromatic carbocycles. The minimum absolute atomic E-state index is 0.0668. The number of carbonyl (C=O) groups excluding carboxylic acids is 3. The van der Waals surface area contributed by atoms with Gasteiger partial charge in [0.1, 0.15) is 23.9 Å². The second-order valence-electron chi connectivity index (χ2n) is 8.30. The van der Waals surface area contributed by atoms with E-state index in [1.54, 1.807) is 12.1 Å². The van der Waals surface area contributed by atoms with Crippen LogP contribution < -0.4 is 0 Å². The Labute approximate surface area is 155 Å². The molecule has 1 saturated carbocycles. The number of rotatable bonds is 1. The summed E-state index contributed by atoms with van der Waals surface area (Å²) in [5.41, 5.74) is -2.95. The zero-order valence-electron chi connectivity index (χ0n) is 14.9. The molecule has 0 amide bonds. The second-order valence-corrected chi connectivity index (χ2v) is 8.30. The summed E-state index contributed by atoms with van der Waals surface area (Å²) in [6.45, 7) is 1.47. The standard InChI is InChI=1S/C20H20O7/c1-18(24)8-15(21)19-10-26-16(22)12(19)3-2-4-14(19)20(18)7-13(27-17(20)23)11-5-6-25-9-11/h3,5-6,9,13-14,24H,2,4,7-8,10H2,1H3/t13-,14-,18-,19-,20+/m0/s1. The van der Waals surface area contributed by atoms with Gasteiger partial charge in [-0.25, -0.2) is 4.79 Å². The van der Waals surface area contributed by atoms with Gasteiger partial charge < -0.3 is 19.0 Å². The normalized spacial score (nSPS) is 43.2. The van der Waals surface area contributed by atoms with Gasteiger partial charge in [-0.05, 0) is 31.7 Å². The van der Waals surface area contributed by atoms with Gasteiger partial charge in [-0.3, -0.25) is 9.59 Å². The first-order valence-electron chi connectivity index (χ1n) is 9.19. The molecule has 27 heavy (non-hydrogen) atoms. The number of allylic oxidation sites excluding steroid dienone is 1. The van der Waals surface area contributed by atoms with Gasteiger partial charge in [-0.1, -0.05) is 6.08 Å². The fourth-order valence-electron chi connectivity index (χ4n) is 5.83. The van der Waals surface area contributed by atoms with Crippen molar-refractivity contribution >= 4 is 17.7 Å². The Balaban J connectivity index is 1.67. The molecule has 2 spiro atoms. The van der Waals surface area contributed by atoms with Crippen LogP contribution in [0, 0.1) is 16.7 Å². The molecular formula is C20H20O7. The number of ether oxygens (including phenoxy) is 2. The molecule has 5 rings (SSSR count). The molecule has 2 aliphatic heterocycles. The number of Topliss-reactive ketones (excluding diaryl/α,β-unsaturated/α-hetero) is 1. The van der Waals surface area contributed by atoms with Crippen molar-refractivity contribution in [1.82, 2.24) is 0 Å². The maximum Gasteiger partial charge on any atom is 0.334 e. The van der Waals surface area contributed by atoms with Gasteiger partial charge >= 0.3 is 11.9 Å². The zero-order chi connectivity index (χ0) is 19.0. The van der Waals surface area contributed by atoms with Crippen molar-refractivity contribution in [2.45, 2.75) is 44.3 Å². The fourth-order valence-corrected chi connectivity index (χ4v) is 5.83. The summed E-state index contributed by atoms with van der Waals surface area (Å²) in [6.07, 6.45) is 5.30. The zero-order valence-corrected chi connectivity index (χ0v) is 14.9. The van der Waals surface area contributed by atoms with Crippen LogP contribution in [0.25, 0.3) is 0 Å². The van der Waals surface area contributed by atoms with Crippen molar-refractivity contribution in [3.8, 4) is 0 Å². The van der Waals surface area contributed by atoms with E-state index in [2.05, 4.69) is 0 Å². The molecule has 0 unspecified atom stereocenters. The quantitative estimate of drug-likeness (QED) is 0.751. The molecule has 7 heteroatoms. The van der Waals surface area contributed by atoms with E-state index in [-0.39, 0.29) is 25.2 Å². The SMILES string of the molecule is C[C@]1(O)CC(=O)[C@@]23COC(=O)C2=CCC[C@@H]3[C@@]12C[C@@H](c1ccoc1)OC2=O. The molecular weight excluding hydrogens is 352 g/mol. The average Bonchev–Trinajstić information content (AvgIpc) is 3.32. The van der Waals surface area contributed by atoms with Gasteiger partial charge in [-0.15, -0.1) is 0 Å². The number of ketones is 1. The highest BCUT2D eigenvalue weighted by Gasteiger charge is 2.75. The Morgan fingerprint density at radius 1 is 1.26 bits per heavy atom. The summed E-state index contributed by atoms with van der Waals surface area (Å²) < 4.78 is 16.0. The predicted molar refractivity (Wildman–Crippen MR) is 89.0 cm³/mol. The maximum absolute atomic E-state index is 13.2. The van der Waals surface area contributed by atoms with Gasteiger partial charge in [0, 0.05) is 18.4 Å². The number of esters is 2. The third kappa shape index (κ3) is 1.83. The highest BCUT2D eigenvalue weighted by atomic mass is 16.6. The van der Waals surface area contributed by atoms with Crippen LogP contribution >= 0.6 is 0 Å². The Morgan fingerprint density at radius 2 is 2.07 bits per heavy atom. The summed E-state index contributed by atoms with van der Waals surface area (Å²) in [4.78, 5) is 38.6. The van der Waals surface area contributed by atoms with E-state index in [0.29, 0.717) is 24.0 Å². The number of aliphatic hydroxyl groups is 1. The monoisotopic (exact) mass is 372 g/mol. The van der Waals surface area contributed by atoms with Crippen LogP contribution in [-0.4, -0.2) is 35.0 Å². The lowest BCUT2D eigenvalue weighted by atomic mass is 9.44. The van der Waals surface area contributed by atoms with Crippen LogP contribution in [0.4, 0.5) is 0 Å². The highest BCUT2D eigenvalue weighted by molar-refractivity contribution is 6.06. The molecule has 142 valence electrons. The predicted octanol–water partition coefficient (Wildman–Crippen LogP) is 1.86. The van der Waals surface area contributed by atoms with Crippen LogP contribution in [0.3, 0.4) is 0 Å². The van der Waals surface area contributed by atoms with E-state index in [4.69, 9.17) is 13.9 Å². The van der Waals surface area contributed by atoms with Crippen LogP contribution in [0.1, 0.15) is 44.3 Å². The minimum Gasteiger partial charge on any atom is -0.472 e. The smallest absolute Gasteiger partial charge is 0.334 e. The first kappa shape index (κ1) is 16.7. The van der Waals surface area contributed by atoms with E-state index in [1.807, 2.05) is 0 Å². The molecule has 5 atom stereocenters. The first-order valence-corrected chi connectivity index (χ1v) is 9.19. The van der Waals surface area contributed by atoms with Crippen molar-refractivity contribution in [1.29, 1.82) is 0 Å². The average molecular weight is 372 g/mol. The number of fused-ring (bicyclic) bond motifs is 1. The lowest BCUT2D eigenvalue weighted by molar-refractivity contribution is -0.193. The van der Waals surface area contributed by atoms with Gasteiger partial charge in [0.05, 0.1) is 29.1 Å². The van der Waals surface area contributed by atoms with E-state index >= 15 is 0 Å². The molecule has 0 bridgehead atoms. The van der Waals surface area contributed by atoms with Crippen molar-refractivity contribution in [2.75, 3.05) is 6.61 Å². The van der Waals surface area contributed by atoms with Crippen molar-refractivity contribution in [3.05, 3.63) is 35.8 Å². The topological polar surface area (TPSA) is 103 Å². The molecule has 2 saturated heterocycles. The van der Waals surface area contributed by atoms with E-state index in [0.717, 1.165) is 0 Å². The van der Waals surface area contributed by atoms with E-state index in [1.165, 1.54) is 19.5 Å². The van der Waals surface area contributed by atoms with Gasteiger partial charge in [0.25, 0.3) is 0 Å². The van der Waals surface area contributed by atoms with Crippen LogP contribution in [0.15, 0.2) is 34.7 Å². The molecule has 3 heterocycles. The van der Waals surface area contributed by atoms with E-state index < -0.39 is 40.4 Å². The van der Waals surface area contributed by atoms with Crippen LogP contribution in [0.2, 0.25) is 0 Å². The molecule has 1 aromatic heterocycles. The number of carbonyl (C=O) groups is 3. The Hall–Kier alpha value is -2.41. The lowest BCUT2D eigenvalue weighted by Crippen LogP contribution is -2.66. The second kappa shape index (κ2) is 5.10. The first-order chi connectivity index (χ1) is 12.8. The maximum atomic E-state index is 13.2. The van der Waals surface area contributed by atoms with E-state index in [9.17, 15) is 19.5 Å². The molecule has 4 aliphatic rings. The number of cyclic esters (lactones) is 2. The summed E-state index contributed by atoms with van der Waals surface area (Å²) >= 11 is 0. The molecule has 2 aliphatic carbocycles. The summed E-state index contributed by atoms with van der Waals surface area (Å²) in [5, 5.41) is 11.3. The van der Waals surface area contributed by atoms with Gasteiger partial charge in [0.2, 0.25) is 0 Å². The summed E-state index contributed by atoms with van der Waals surface area (Å²) in [6, 6.07) is 1.73. The Bertz CT molecular complexity index is 880. The molecule has 7 nitrogen and oxygen atoms in total. The Morgan fingerprint density at radius 3 is 2.81 bits per heavy atom. The number of hydrogen-bond acceptors (Lipinski definition) is 7. The van der Waals surface area contributed by atoms with Crippen molar-refractivity contribution in [2.24, 2.45) is 16.7 Å². The molecule has 0 radical (unpaired) electrons. The Kier molecular flexibility index (Phi) is 3.16. The highest BCUT2D eigenvalue weighted by Crippen LogP contribution is 2.67. The largest absolute Gasteiger partial charge is 0.472 e. The summed E-state index contributed by atoms with van der Waals surface area (Å²) in [7, 11) is 0. The van der Waals surface area contributed by atoms with Crippen molar-refractivity contribution in [3.63, 3.8) is 0 Å². The van der Waals surface area contributed by atoms with Gasteiger partial charge in [-0.2, -0.15) is 0 Å². The van der Waals surface area contributed by atoms with Gasteiger partial charge in [0.15, 0.2) is 0 Å². The third-order valence-electron chi connectivity index (χ3n) is 7.12. The number of furan rings is 1. The lowest BCUT2D eigenvalue weighted by Gasteiger charge is -2.56. The number of hydrogen-bond donors (Lipinski definition) is 1.